The van der Waals surface area contributed by atoms with E-state index in [2.05, 4.69) is 11.4 Å². The standard InChI is InChI=1S/C14H20N2O2/c1-18-11-5-9-15-14(17)16-10-4-7-12-6-2-3-8-13(12)16/h2-3,6,8H,4-5,7,9-11H2,1H3,(H,15,17). The highest BCUT2D eigenvalue weighted by Gasteiger charge is 2.21. The minimum Gasteiger partial charge on any atom is -0.385 e. The lowest BCUT2D eigenvalue weighted by Crippen LogP contribution is -2.43. The summed E-state index contributed by atoms with van der Waals surface area (Å²) >= 11 is 0. The summed E-state index contributed by atoms with van der Waals surface area (Å²) in [5, 5.41) is 2.94. The fourth-order valence-electron chi connectivity index (χ4n) is 2.25. The van der Waals surface area contributed by atoms with Gasteiger partial charge in [0.05, 0.1) is 0 Å². The molecular weight excluding hydrogens is 228 g/mol. The molecule has 0 unspecified atom stereocenters. The Kier molecular flexibility index (Phi) is 4.59. The Morgan fingerprint density at radius 3 is 3.11 bits per heavy atom. The van der Waals surface area contributed by atoms with Crippen molar-refractivity contribution in [1.82, 2.24) is 5.32 Å². The Morgan fingerprint density at radius 2 is 2.28 bits per heavy atom. The van der Waals surface area contributed by atoms with Crippen molar-refractivity contribution in [3.05, 3.63) is 29.8 Å². The molecule has 1 N–H and O–H groups in total. The van der Waals surface area contributed by atoms with Gasteiger partial charge in [-0.15, -0.1) is 0 Å². The predicted octanol–water partition coefficient (Wildman–Crippen LogP) is 2.19. The highest BCUT2D eigenvalue weighted by atomic mass is 16.5. The summed E-state index contributed by atoms with van der Waals surface area (Å²) in [6, 6.07) is 8.12. The third-order valence-electron chi connectivity index (χ3n) is 3.16. The Hall–Kier alpha value is -1.55. The number of hydrogen-bond acceptors (Lipinski definition) is 2. The molecule has 1 aliphatic rings. The molecule has 0 aliphatic carbocycles. The van der Waals surface area contributed by atoms with Gasteiger partial charge in [0.2, 0.25) is 0 Å². The van der Waals surface area contributed by atoms with Crippen LogP contribution < -0.4 is 10.2 Å². The first-order valence-corrected chi connectivity index (χ1v) is 6.45. The van der Waals surface area contributed by atoms with Crippen molar-refractivity contribution in [2.45, 2.75) is 19.3 Å². The molecular formula is C14H20N2O2. The van der Waals surface area contributed by atoms with Crippen LogP contribution in [0.2, 0.25) is 0 Å². The van der Waals surface area contributed by atoms with Crippen LogP contribution in [0.25, 0.3) is 0 Å². The second kappa shape index (κ2) is 6.40. The van der Waals surface area contributed by atoms with Gasteiger partial charge in [0.1, 0.15) is 0 Å². The lowest BCUT2D eigenvalue weighted by Gasteiger charge is -2.29. The first kappa shape index (κ1) is 12.9. The second-order valence-electron chi connectivity index (χ2n) is 4.46. The molecule has 1 aliphatic heterocycles. The van der Waals surface area contributed by atoms with Gasteiger partial charge in [0.25, 0.3) is 0 Å². The molecule has 2 rings (SSSR count). The number of hydrogen-bond donors (Lipinski definition) is 1. The molecule has 1 aromatic rings. The summed E-state index contributed by atoms with van der Waals surface area (Å²) in [7, 11) is 1.67. The third kappa shape index (κ3) is 3.01. The quantitative estimate of drug-likeness (QED) is 0.830. The third-order valence-corrected chi connectivity index (χ3v) is 3.16. The van der Waals surface area contributed by atoms with E-state index in [1.165, 1.54) is 5.56 Å². The van der Waals surface area contributed by atoms with Crippen molar-refractivity contribution < 1.29 is 9.53 Å². The number of ether oxygens (including phenoxy) is 1. The van der Waals surface area contributed by atoms with Crippen LogP contribution >= 0.6 is 0 Å². The predicted molar refractivity (Wildman–Crippen MR) is 72.0 cm³/mol. The van der Waals surface area contributed by atoms with Crippen molar-refractivity contribution >= 4 is 11.7 Å². The van der Waals surface area contributed by atoms with Crippen LogP contribution in [-0.4, -0.2) is 32.8 Å². The summed E-state index contributed by atoms with van der Waals surface area (Å²) in [5.41, 5.74) is 2.31. The number of anilines is 1. The lowest BCUT2D eigenvalue weighted by molar-refractivity contribution is 0.194. The van der Waals surface area contributed by atoms with Crippen molar-refractivity contribution in [2.75, 3.05) is 31.7 Å². The summed E-state index contributed by atoms with van der Waals surface area (Å²) in [4.78, 5) is 13.9. The number of para-hydroxylation sites is 1. The van der Waals surface area contributed by atoms with Gasteiger partial charge in [-0.3, -0.25) is 4.90 Å². The van der Waals surface area contributed by atoms with Crippen molar-refractivity contribution in [2.24, 2.45) is 0 Å². The smallest absolute Gasteiger partial charge is 0.321 e. The number of benzene rings is 1. The fourth-order valence-corrected chi connectivity index (χ4v) is 2.25. The highest BCUT2D eigenvalue weighted by Crippen LogP contribution is 2.26. The van der Waals surface area contributed by atoms with E-state index in [-0.39, 0.29) is 6.03 Å². The molecule has 0 spiro atoms. The summed E-state index contributed by atoms with van der Waals surface area (Å²) < 4.78 is 4.96. The first-order chi connectivity index (χ1) is 8.83. The normalized spacial score (nSPS) is 14.2. The topological polar surface area (TPSA) is 41.6 Å². The second-order valence-corrected chi connectivity index (χ2v) is 4.46. The van der Waals surface area contributed by atoms with Gasteiger partial charge >= 0.3 is 6.03 Å². The minimum atomic E-state index is -0.00162. The summed E-state index contributed by atoms with van der Waals surface area (Å²) in [5.74, 6) is 0. The molecule has 0 saturated carbocycles. The Bertz CT molecular complexity index is 407. The van der Waals surface area contributed by atoms with E-state index in [0.29, 0.717) is 13.2 Å². The molecule has 0 radical (unpaired) electrons. The maximum absolute atomic E-state index is 12.1. The Labute approximate surface area is 108 Å². The van der Waals surface area contributed by atoms with Crippen LogP contribution in [0, 0.1) is 0 Å². The number of rotatable bonds is 4. The van der Waals surface area contributed by atoms with Gasteiger partial charge in [-0.1, -0.05) is 18.2 Å². The van der Waals surface area contributed by atoms with Crippen LogP contribution in [0.4, 0.5) is 10.5 Å². The zero-order chi connectivity index (χ0) is 12.8. The summed E-state index contributed by atoms with van der Waals surface area (Å²) in [6.45, 7) is 2.13. The molecule has 0 fully saturated rings. The van der Waals surface area contributed by atoms with E-state index in [4.69, 9.17) is 4.74 Å². The van der Waals surface area contributed by atoms with Gasteiger partial charge in [-0.25, -0.2) is 4.79 Å². The number of amides is 2. The molecule has 0 bridgehead atoms. The number of urea groups is 1. The van der Waals surface area contributed by atoms with E-state index in [1.807, 2.05) is 23.1 Å². The molecule has 0 saturated heterocycles. The number of carbonyl (C=O) groups excluding carboxylic acids is 1. The zero-order valence-electron chi connectivity index (χ0n) is 10.8. The average molecular weight is 248 g/mol. The number of carbonyl (C=O) groups is 1. The van der Waals surface area contributed by atoms with Crippen LogP contribution in [0.1, 0.15) is 18.4 Å². The van der Waals surface area contributed by atoms with E-state index < -0.39 is 0 Å². The van der Waals surface area contributed by atoms with E-state index in [0.717, 1.165) is 31.5 Å². The van der Waals surface area contributed by atoms with Crippen LogP contribution in [0.15, 0.2) is 24.3 Å². The van der Waals surface area contributed by atoms with Crippen molar-refractivity contribution in [1.29, 1.82) is 0 Å². The zero-order valence-corrected chi connectivity index (χ0v) is 10.8. The molecule has 2 amide bonds. The van der Waals surface area contributed by atoms with Gasteiger partial charge < -0.3 is 10.1 Å². The van der Waals surface area contributed by atoms with Crippen molar-refractivity contribution in [3.63, 3.8) is 0 Å². The Morgan fingerprint density at radius 1 is 1.44 bits per heavy atom. The fraction of sp³-hybridized carbons (Fsp3) is 0.500. The molecule has 1 aromatic carbocycles. The molecule has 4 heteroatoms. The van der Waals surface area contributed by atoms with Crippen LogP contribution in [-0.2, 0) is 11.2 Å². The van der Waals surface area contributed by atoms with Crippen LogP contribution in [0.3, 0.4) is 0 Å². The number of nitrogens with one attached hydrogen (secondary N) is 1. The lowest BCUT2D eigenvalue weighted by atomic mass is 10.0. The van der Waals surface area contributed by atoms with Gasteiger partial charge in [0, 0.05) is 32.5 Å². The highest BCUT2D eigenvalue weighted by molar-refractivity contribution is 5.93. The molecule has 18 heavy (non-hydrogen) atoms. The average Bonchev–Trinajstić information content (AvgIpc) is 2.43. The van der Waals surface area contributed by atoms with Crippen molar-refractivity contribution in [3.8, 4) is 0 Å². The monoisotopic (exact) mass is 248 g/mol. The van der Waals surface area contributed by atoms with Crippen LogP contribution in [0.5, 0.6) is 0 Å². The number of methoxy groups -OCH3 is 1. The molecule has 0 aromatic heterocycles. The van der Waals surface area contributed by atoms with Gasteiger partial charge in [0.15, 0.2) is 0 Å². The molecule has 0 atom stereocenters. The van der Waals surface area contributed by atoms with E-state index in [9.17, 15) is 4.79 Å². The summed E-state index contributed by atoms with van der Waals surface area (Å²) in [6.07, 6.45) is 2.93. The minimum absolute atomic E-state index is 0.00162. The molecule has 98 valence electrons. The SMILES string of the molecule is COCCCNC(=O)N1CCCc2ccccc21. The van der Waals surface area contributed by atoms with E-state index in [1.54, 1.807) is 7.11 Å². The number of fused-ring (bicyclic) bond motifs is 1. The maximum atomic E-state index is 12.1. The Balaban J connectivity index is 1.95. The largest absolute Gasteiger partial charge is 0.385 e. The van der Waals surface area contributed by atoms with Gasteiger partial charge in [-0.05, 0) is 30.9 Å². The maximum Gasteiger partial charge on any atom is 0.321 e. The van der Waals surface area contributed by atoms with Gasteiger partial charge in [-0.2, -0.15) is 0 Å². The molecule has 1 heterocycles. The number of nitrogens with zero attached hydrogens (tertiary/aromatic N) is 1. The number of aryl methyl sites for hydroxylation is 1. The molecule has 4 nitrogen and oxygen atoms in total. The van der Waals surface area contributed by atoms with E-state index >= 15 is 0 Å². The first-order valence-electron chi connectivity index (χ1n) is 6.45.